The lowest BCUT2D eigenvalue weighted by molar-refractivity contribution is -0.124. The Morgan fingerprint density at radius 1 is 1.19 bits per heavy atom. The molecule has 0 spiro atoms. The van der Waals surface area contributed by atoms with Gasteiger partial charge in [-0.25, -0.2) is 0 Å². The van der Waals surface area contributed by atoms with Gasteiger partial charge in [-0.15, -0.1) is 0 Å². The molecule has 118 valence electrons. The van der Waals surface area contributed by atoms with Crippen LogP contribution in [0.15, 0.2) is 0 Å². The van der Waals surface area contributed by atoms with Crippen LogP contribution in [0.25, 0.3) is 0 Å². The molecule has 3 heterocycles. The molecule has 4 rings (SSSR count). The van der Waals surface area contributed by atoms with Gasteiger partial charge in [0.05, 0.1) is 6.04 Å². The van der Waals surface area contributed by atoms with Crippen molar-refractivity contribution < 1.29 is 4.79 Å². The highest BCUT2D eigenvalue weighted by Gasteiger charge is 2.43. The van der Waals surface area contributed by atoms with Crippen molar-refractivity contribution in [2.45, 2.75) is 63.1 Å². The lowest BCUT2D eigenvalue weighted by atomic mass is 9.90. The van der Waals surface area contributed by atoms with Crippen molar-refractivity contribution in [2.24, 2.45) is 17.8 Å². The van der Waals surface area contributed by atoms with Gasteiger partial charge in [-0.1, -0.05) is 6.42 Å². The number of hydrogen-bond donors (Lipinski definition) is 2. The van der Waals surface area contributed by atoms with E-state index in [0.29, 0.717) is 11.8 Å². The molecule has 0 radical (unpaired) electrons. The fourth-order valence-corrected chi connectivity index (χ4v) is 5.52. The number of piperidine rings is 1. The monoisotopic (exact) mass is 291 g/mol. The molecule has 21 heavy (non-hydrogen) atoms. The lowest BCUT2D eigenvalue weighted by Crippen LogP contribution is -2.47. The summed E-state index contributed by atoms with van der Waals surface area (Å²) in [7, 11) is 2.28. The Morgan fingerprint density at radius 3 is 2.71 bits per heavy atom. The molecule has 0 aromatic carbocycles. The third-order valence-corrected chi connectivity index (χ3v) is 6.79. The number of nitrogens with zero attached hydrogens (tertiary/aromatic N) is 1. The Labute approximate surface area is 128 Å². The van der Waals surface area contributed by atoms with E-state index in [1.165, 1.54) is 44.9 Å². The van der Waals surface area contributed by atoms with E-state index in [1.54, 1.807) is 0 Å². The van der Waals surface area contributed by atoms with Crippen molar-refractivity contribution in [2.75, 3.05) is 20.1 Å². The van der Waals surface area contributed by atoms with Crippen molar-refractivity contribution in [3.63, 3.8) is 0 Å². The fourth-order valence-electron chi connectivity index (χ4n) is 5.52. The lowest BCUT2D eigenvalue weighted by Gasteiger charge is -2.36. The summed E-state index contributed by atoms with van der Waals surface area (Å²) >= 11 is 0. The first-order valence-corrected chi connectivity index (χ1v) is 8.95. The maximum atomic E-state index is 12.5. The van der Waals surface area contributed by atoms with Gasteiger partial charge < -0.3 is 15.5 Å². The number of carbonyl (C=O) groups is 1. The van der Waals surface area contributed by atoms with Crippen LogP contribution >= 0.6 is 0 Å². The molecule has 3 aliphatic heterocycles. The molecular weight excluding hydrogens is 262 g/mol. The molecule has 1 saturated carbocycles. The molecule has 0 aromatic rings. The zero-order chi connectivity index (χ0) is 14.4. The molecule has 4 heteroatoms. The average molecular weight is 291 g/mol. The van der Waals surface area contributed by atoms with E-state index in [1.807, 2.05) is 0 Å². The second-order valence-electron chi connectivity index (χ2n) is 7.87. The topological polar surface area (TPSA) is 44.4 Å². The predicted molar refractivity (Wildman–Crippen MR) is 82.9 cm³/mol. The predicted octanol–water partition coefficient (Wildman–Crippen LogP) is 1.36. The highest BCUT2D eigenvalue weighted by atomic mass is 16.2. The van der Waals surface area contributed by atoms with Crippen molar-refractivity contribution >= 4 is 5.91 Å². The van der Waals surface area contributed by atoms with Crippen LogP contribution in [0, 0.1) is 17.8 Å². The van der Waals surface area contributed by atoms with Gasteiger partial charge in [-0.05, 0) is 69.9 Å². The Hall–Kier alpha value is -0.610. The molecule has 3 saturated heterocycles. The first kappa shape index (κ1) is 14.0. The number of rotatable bonds is 3. The Bertz CT molecular complexity index is 399. The molecule has 0 aromatic heterocycles. The minimum Gasteiger partial charge on any atom is -0.354 e. The quantitative estimate of drug-likeness (QED) is 0.825. The van der Waals surface area contributed by atoms with E-state index in [9.17, 15) is 4.79 Å². The van der Waals surface area contributed by atoms with Gasteiger partial charge in [0.1, 0.15) is 0 Å². The van der Waals surface area contributed by atoms with Crippen molar-refractivity contribution in [3.05, 3.63) is 0 Å². The first-order valence-electron chi connectivity index (χ1n) is 8.95. The van der Waals surface area contributed by atoms with Crippen LogP contribution in [-0.4, -0.2) is 49.1 Å². The highest BCUT2D eigenvalue weighted by Crippen LogP contribution is 2.38. The zero-order valence-corrected chi connectivity index (χ0v) is 13.2. The molecule has 4 fully saturated rings. The minimum atomic E-state index is 0.0977. The van der Waals surface area contributed by atoms with Crippen molar-refractivity contribution in [1.29, 1.82) is 0 Å². The molecular formula is C17H29N3O. The normalized spacial score (nSPS) is 45.8. The molecule has 5 atom stereocenters. The van der Waals surface area contributed by atoms with E-state index in [-0.39, 0.29) is 11.9 Å². The van der Waals surface area contributed by atoms with Crippen LogP contribution in [0.4, 0.5) is 0 Å². The third-order valence-electron chi connectivity index (χ3n) is 6.79. The summed E-state index contributed by atoms with van der Waals surface area (Å²) in [6, 6.07) is 1.64. The Morgan fingerprint density at radius 2 is 1.95 bits per heavy atom. The second kappa shape index (κ2) is 5.54. The van der Waals surface area contributed by atoms with Crippen molar-refractivity contribution in [3.8, 4) is 0 Å². The minimum absolute atomic E-state index is 0.0977. The molecule has 1 aliphatic carbocycles. The summed E-state index contributed by atoms with van der Waals surface area (Å²) in [6.45, 7) is 1.95. The van der Waals surface area contributed by atoms with E-state index in [2.05, 4.69) is 22.6 Å². The van der Waals surface area contributed by atoms with Gasteiger partial charge in [0.2, 0.25) is 5.91 Å². The standard InChI is InChI=1S/C17H29N3O/c1-20-13-5-6-14(20)8-11(7-13)9-19-17(21)16-15-4-2-3-12(15)10-18-16/h11-16,18H,2-10H2,1H3,(H,19,21). The summed E-state index contributed by atoms with van der Waals surface area (Å²) in [5.74, 6) is 2.35. The van der Waals surface area contributed by atoms with Crippen LogP contribution in [0.3, 0.4) is 0 Å². The number of hydrogen-bond acceptors (Lipinski definition) is 3. The summed E-state index contributed by atoms with van der Waals surface area (Å²) in [4.78, 5) is 15.1. The van der Waals surface area contributed by atoms with Crippen LogP contribution in [0.5, 0.6) is 0 Å². The van der Waals surface area contributed by atoms with Gasteiger partial charge >= 0.3 is 0 Å². The molecule has 1 amide bonds. The van der Waals surface area contributed by atoms with Gasteiger partial charge in [0, 0.05) is 18.6 Å². The maximum absolute atomic E-state index is 12.5. The van der Waals surface area contributed by atoms with Crippen LogP contribution < -0.4 is 10.6 Å². The van der Waals surface area contributed by atoms with E-state index >= 15 is 0 Å². The third kappa shape index (κ3) is 2.50. The van der Waals surface area contributed by atoms with Gasteiger partial charge in [0.15, 0.2) is 0 Å². The molecule has 4 nitrogen and oxygen atoms in total. The zero-order valence-electron chi connectivity index (χ0n) is 13.2. The Balaban J connectivity index is 1.28. The molecule has 2 N–H and O–H groups in total. The molecule has 5 unspecified atom stereocenters. The largest absolute Gasteiger partial charge is 0.354 e. The van der Waals surface area contributed by atoms with Gasteiger partial charge in [-0.3, -0.25) is 4.79 Å². The Kier molecular flexibility index (Phi) is 3.70. The summed E-state index contributed by atoms with van der Waals surface area (Å²) in [5, 5.41) is 6.73. The second-order valence-corrected chi connectivity index (χ2v) is 7.87. The SMILES string of the molecule is CN1C2CCC1CC(CNC(=O)C1NCC3CCCC31)C2. The number of nitrogens with one attached hydrogen (secondary N) is 2. The maximum Gasteiger partial charge on any atom is 0.237 e. The van der Waals surface area contributed by atoms with E-state index in [0.717, 1.165) is 31.1 Å². The number of carbonyl (C=O) groups excluding carboxylic acids is 1. The van der Waals surface area contributed by atoms with E-state index < -0.39 is 0 Å². The smallest absolute Gasteiger partial charge is 0.237 e. The van der Waals surface area contributed by atoms with Crippen molar-refractivity contribution in [1.82, 2.24) is 15.5 Å². The van der Waals surface area contributed by atoms with Crippen LogP contribution in [0.2, 0.25) is 0 Å². The summed E-state index contributed by atoms with van der Waals surface area (Å²) < 4.78 is 0. The number of amides is 1. The fraction of sp³-hybridized carbons (Fsp3) is 0.941. The van der Waals surface area contributed by atoms with Gasteiger partial charge in [0.25, 0.3) is 0 Å². The van der Waals surface area contributed by atoms with Crippen LogP contribution in [-0.2, 0) is 4.79 Å². The highest BCUT2D eigenvalue weighted by molar-refractivity contribution is 5.82. The van der Waals surface area contributed by atoms with Crippen LogP contribution in [0.1, 0.15) is 44.9 Å². The first-order chi connectivity index (χ1) is 10.2. The molecule has 4 aliphatic rings. The average Bonchev–Trinajstić information content (AvgIpc) is 3.11. The molecule has 2 bridgehead atoms. The van der Waals surface area contributed by atoms with E-state index in [4.69, 9.17) is 0 Å². The number of fused-ring (bicyclic) bond motifs is 3. The summed E-state index contributed by atoms with van der Waals surface area (Å²) in [6.07, 6.45) is 9.15. The van der Waals surface area contributed by atoms with Gasteiger partial charge in [-0.2, -0.15) is 0 Å². The summed E-state index contributed by atoms with van der Waals surface area (Å²) in [5.41, 5.74) is 0.